The standard InChI is InChI=1S/C15H12BrN3O/c1-10(18-19-15-4-2-3-7-17-15)14-9-11-8-12(16)5-6-13(11)20-14/h2-9H,1H3,(H,17,19)/b18-10-. The molecule has 20 heavy (non-hydrogen) atoms. The van der Waals surface area contributed by atoms with E-state index in [-0.39, 0.29) is 0 Å². The van der Waals surface area contributed by atoms with Gasteiger partial charge in [0.2, 0.25) is 0 Å². The molecule has 2 aromatic heterocycles. The number of rotatable bonds is 3. The number of hydrogen-bond acceptors (Lipinski definition) is 4. The minimum atomic E-state index is 0.700. The highest BCUT2D eigenvalue weighted by atomic mass is 79.9. The molecule has 1 aromatic carbocycles. The van der Waals surface area contributed by atoms with Gasteiger partial charge >= 0.3 is 0 Å². The van der Waals surface area contributed by atoms with E-state index in [1.54, 1.807) is 6.20 Å². The fraction of sp³-hybridized carbons (Fsp3) is 0.0667. The molecule has 3 rings (SSSR count). The van der Waals surface area contributed by atoms with Gasteiger partial charge in [0.25, 0.3) is 0 Å². The van der Waals surface area contributed by atoms with Crippen LogP contribution in [0.2, 0.25) is 0 Å². The summed E-state index contributed by atoms with van der Waals surface area (Å²) in [7, 11) is 0. The molecule has 3 aromatic rings. The van der Waals surface area contributed by atoms with E-state index in [4.69, 9.17) is 4.42 Å². The van der Waals surface area contributed by atoms with E-state index in [0.29, 0.717) is 5.82 Å². The molecule has 0 atom stereocenters. The highest BCUT2D eigenvalue weighted by Crippen LogP contribution is 2.23. The van der Waals surface area contributed by atoms with Crippen molar-refractivity contribution in [3.63, 3.8) is 0 Å². The minimum absolute atomic E-state index is 0.700. The Kier molecular flexibility index (Phi) is 3.52. The second-order valence-corrected chi connectivity index (χ2v) is 5.23. The summed E-state index contributed by atoms with van der Waals surface area (Å²) < 4.78 is 6.79. The Bertz CT molecular complexity index is 765. The maximum absolute atomic E-state index is 5.76. The van der Waals surface area contributed by atoms with Crippen LogP contribution in [0.1, 0.15) is 12.7 Å². The van der Waals surface area contributed by atoms with E-state index in [1.165, 1.54) is 0 Å². The Morgan fingerprint density at radius 2 is 2.15 bits per heavy atom. The summed E-state index contributed by atoms with van der Waals surface area (Å²) in [5.74, 6) is 1.44. The molecule has 0 fully saturated rings. The van der Waals surface area contributed by atoms with Gasteiger partial charge in [-0.15, -0.1) is 0 Å². The van der Waals surface area contributed by atoms with Crippen molar-refractivity contribution in [1.29, 1.82) is 0 Å². The first-order valence-electron chi connectivity index (χ1n) is 6.13. The van der Waals surface area contributed by atoms with E-state index in [2.05, 4.69) is 31.4 Å². The van der Waals surface area contributed by atoms with Crippen molar-refractivity contribution in [2.45, 2.75) is 6.92 Å². The maximum atomic E-state index is 5.76. The lowest BCUT2D eigenvalue weighted by molar-refractivity contribution is 0.604. The average molecular weight is 330 g/mol. The van der Waals surface area contributed by atoms with Crippen LogP contribution in [0.4, 0.5) is 5.82 Å². The summed E-state index contributed by atoms with van der Waals surface area (Å²) in [5.41, 5.74) is 4.52. The van der Waals surface area contributed by atoms with Gasteiger partial charge in [0, 0.05) is 16.1 Å². The lowest BCUT2D eigenvalue weighted by atomic mass is 10.2. The van der Waals surface area contributed by atoms with Gasteiger partial charge < -0.3 is 4.42 Å². The number of fused-ring (bicyclic) bond motifs is 1. The number of aromatic nitrogens is 1. The second-order valence-electron chi connectivity index (χ2n) is 4.32. The fourth-order valence-electron chi connectivity index (χ4n) is 1.82. The predicted molar refractivity (Wildman–Crippen MR) is 84.0 cm³/mol. The quantitative estimate of drug-likeness (QED) is 0.571. The van der Waals surface area contributed by atoms with Crippen LogP contribution >= 0.6 is 15.9 Å². The summed E-state index contributed by atoms with van der Waals surface area (Å²) in [4.78, 5) is 4.14. The Morgan fingerprint density at radius 3 is 2.95 bits per heavy atom. The molecule has 0 aliphatic heterocycles. The van der Waals surface area contributed by atoms with Crippen LogP contribution in [0.25, 0.3) is 11.0 Å². The first-order chi connectivity index (χ1) is 9.72. The van der Waals surface area contributed by atoms with E-state index < -0.39 is 0 Å². The van der Waals surface area contributed by atoms with Gasteiger partial charge in [-0.1, -0.05) is 22.0 Å². The van der Waals surface area contributed by atoms with Crippen molar-refractivity contribution >= 4 is 38.4 Å². The SMILES string of the molecule is C/C(=N/Nc1ccccn1)c1cc2cc(Br)ccc2o1. The number of nitrogens with one attached hydrogen (secondary N) is 1. The summed E-state index contributed by atoms with van der Waals surface area (Å²) in [6.07, 6.45) is 1.71. The Labute approximate surface area is 124 Å². The third-order valence-corrected chi connectivity index (χ3v) is 3.33. The van der Waals surface area contributed by atoms with Crippen molar-refractivity contribution in [2.75, 3.05) is 5.43 Å². The highest BCUT2D eigenvalue weighted by molar-refractivity contribution is 9.10. The number of pyridine rings is 1. The van der Waals surface area contributed by atoms with Gasteiger partial charge in [-0.3, -0.25) is 5.43 Å². The molecule has 1 N–H and O–H groups in total. The average Bonchev–Trinajstić information content (AvgIpc) is 2.89. The molecular weight excluding hydrogens is 318 g/mol. The van der Waals surface area contributed by atoms with Crippen LogP contribution in [-0.2, 0) is 0 Å². The molecule has 2 heterocycles. The summed E-state index contributed by atoms with van der Waals surface area (Å²) >= 11 is 3.45. The summed E-state index contributed by atoms with van der Waals surface area (Å²) in [5, 5.41) is 5.32. The Morgan fingerprint density at radius 1 is 1.25 bits per heavy atom. The molecule has 5 heteroatoms. The van der Waals surface area contributed by atoms with Gasteiger partial charge in [-0.05, 0) is 43.3 Å². The van der Waals surface area contributed by atoms with Crippen molar-refractivity contribution in [3.8, 4) is 0 Å². The Balaban J connectivity index is 1.86. The first-order valence-corrected chi connectivity index (χ1v) is 6.92. The number of hydrazone groups is 1. The number of hydrogen-bond donors (Lipinski definition) is 1. The number of benzene rings is 1. The minimum Gasteiger partial charge on any atom is -0.455 e. The van der Waals surface area contributed by atoms with Crippen molar-refractivity contribution < 1.29 is 4.42 Å². The lowest BCUT2D eigenvalue weighted by Crippen LogP contribution is -1.99. The molecule has 0 aliphatic carbocycles. The van der Waals surface area contributed by atoms with E-state index in [9.17, 15) is 0 Å². The molecule has 0 aliphatic rings. The van der Waals surface area contributed by atoms with Crippen LogP contribution in [0.15, 0.2) is 62.7 Å². The van der Waals surface area contributed by atoms with Crippen molar-refractivity contribution in [3.05, 3.63) is 58.9 Å². The molecule has 0 radical (unpaired) electrons. The zero-order valence-corrected chi connectivity index (χ0v) is 12.4. The Hall–Kier alpha value is -2.14. The molecule has 100 valence electrons. The predicted octanol–water partition coefficient (Wildman–Crippen LogP) is 4.43. The molecule has 0 spiro atoms. The fourth-order valence-corrected chi connectivity index (χ4v) is 2.20. The molecule has 4 nitrogen and oxygen atoms in total. The van der Waals surface area contributed by atoms with Crippen LogP contribution in [-0.4, -0.2) is 10.7 Å². The number of nitrogens with zero attached hydrogens (tertiary/aromatic N) is 2. The van der Waals surface area contributed by atoms with Crippen LogP contribution in [0, 0.1) is 0 Å². The van der Waals surface area contributed by atoms with Crippen LogP contribution in [0.3, 0.4) is 0 Å². The van der Waals surface area contributed by atoms with Gasteiger partial charge in [-0.2, -0.15) is 5.10 Å². The molecule has 0 saturated heterocycles. The maximum Gasteiger partial charge on any atom is 0.151 e. The summed E-state index contributed by atoms with van der Waals surface area (Å²) in [6.45, 7) is 1.89. The largest absolute Gasteiger partial charge is 0.455 e. The third kappa shape index (κ3) is 2.72. The lowest BCUT2D eigenvalue weighted by Gasteiger charge is -1.99. The zero-order chi connectivity index (χ0) is 13.9. The topological polar surface area (TPSA) is 50.4 Å². The van der Waals surface area contributed by atoms with E-state index in [1.807, 2.05) is 49.4 Å². The number of halogens is 1. The highest BCUT2D eigenvalue weighted by Gasteiger charge is 2.07. The zero-order valence-electron chi connectivity index (χ0n) is 10.8. The first kappa shape index (κ1) is 12.9. The van der Waals surface area contributed by atoms with Gasteiger partial charge in [0.15, 0.2) is 5.76 Å². The molecule has 0 amide bonds. The third-order valence-electron chi connectivity index (χ3n) is 2.84. The van der Waals surface area contributed by atoms with Crippen molar-refractivity contribution in [1.82, 2.24) is 4.98 Å². The van der Waals surface area contributed by atoms with Gasteiger partial charge in [0.1, 0.15) is 17.1 Å². The second kappa shape index (κ2) is 5.46. The smallest absolute Gasteiger partial charge is 0.151 e. The van der Waals surface area contributed by atoms with Crippen LogP contribution < -0.4 is 5.43 Å². The monoisotopic (exact) mass is 329 g/mol. The molecule has 0 saturated carbocycles. The van der Waals surface area contributed by atoms with Gasteiger partial charge in [-0.25, -0.2) is 4.98 Å². The number of furan rings is 1. The van der Waals surface area contributed by atoms with E-state index in [0.717, 1.165) is 26.9 Å². The number of anilines is 1. The van der Waals surface area contributed by atoms with E-state index >= 15 is 0 Å². The summed E-state index contributed by atoms with van der Waals surface area (Å²) in [6, 6.07) is 13.5. The normalized spacial score (nSPS) is 11.8. The van der Waals surface area contributed by atoms with Gasteiger partial charge in [0.05, 0.1) is 0 Å². The molecule has 0 bridgehead atoms. The van der Waals surface area contributed by atoms with Crippen molar-refractivity contribution in [2.24, 2.45) is 5.10 Å². The molecule has 0 unspecified atom stereocenters. The van der Waals surface area contributed by atoms with Crippen LogP contribution in [0.5, 0.6) is 0 Å². The molecular formula is C15H12BrN3O.